The highest BCUT2D eigenvalue weighted by Gasteiger charge is 2.19. The number of hydrogen-bond acceptors (Lipinski definition) is 2. The first-order chi connectivity index (χ1) is 7.79. The summed E-state index contributed by atoms with van der Waals surface area (Å²) in [5.41, 5.74) is 8.48. The fourth-order valence-corrected chi connectivity index (χ4v) is 2.48. The average Bonchev–Trinajstić information content (AvgIpc) is 2.80. The Hall–Kier alpha value is -0.860. The van der Waals surface area contributed by atoms with Crippen LogP contribution >= 0.6 is 0 Å². The van der Waals surface area contributed by atoms with Crippen molar-refractivity contribution >= 4 is 0 Å². The van der Waals surface area contributed by atoms with E-state index in [4.69, 9.17) is 5.73 Å². The van der Waals surface area contributed by atoms with Crippen molar-refractivity contribution in [2.75, 3.05) is 6.54 Å². The summed E-state index contributed by atoms with van der Waals surface area (Å²) in [7, 11) is 0. The van der Waals surface area contributed by atoms with Crippen LogP contribution in [0.1, 0.15) is 42.9 Å². The molecule has 2 rings (SSSR count). The van der Waals surface area contributed by atoms with E-state index in [1.807, 2.05) is 0 Å². The fraction of sp³-hybridized carbons (Fsp3) is 0.571. The van der Waals surface area contributed by atoms with Crippen LogP contribution in [0.4, 0.5) is 0 Å². The minimum absolute atomic E-state index is 0.323. The summed E-state index contributed by atoms with van der Waals surface area (Å²) >= 11 is 0. The molecule has 0 aromatic heterocycles. The van der Waals surface area contributed by atoms with Crippen LogP contribution in [0.5, 0.6) is 0 Å². The van der Waals surface area contributed by atoms with Gasteiger partial charge in [0.15, 0.2) is 0 Å². The zero-order valence-corrected chi connectivity index (χ0v) is 10.1. The second-order valence-electron chi connectivity index (χ2n) is 4.85. The first-order valence-corrected chi connectivity index (χ1v) is 6.32. The van der Waals surface area contributed by atoms with E-state index in [0.717, 1.165) is 0 Å². The topological polar surface area (TPSA) is 38.0 Å². The van der Waals surface area contributed by atoms with E-state index < -0.39 is 0 Å². The number of rotatable bonds is 4. The molecule has 1 aromatic rings. The molecule has 1 aliphatic rings. The molecule has 1 aliphatic carbocycles. The molecule has 0 spiro atoms. The van der Waals surface area contributed by atoms with Gasteiger partial charge < -0.3 is 11.1 Å². The van der Waals surface area contributed by atoms with Crippen LogP contribution in [-0.2, 0) is 0 Å². The molecule has 2 heteroatoms. The molecule has 0 radical (unpaired) electrons. The molecule has 1 saturated carbocycles. The number of benzene rings is 1. The second kappa shape index (κ2) is 5.46. The molecule has 0 heterocycles. The third-order valence-electron chi connectivity index (χ3n) is 3.51. The van der Waals surface area contributed by atoms with Crippen LogP contribution in [0, 0.1) is 6.92 Å². The molecule has 2 nitrogen and oxygen atoms in total. The zero-order valence-electron chi connectivity index (χ0n) is 10.1. The Morgan fingerprint density at radius 2 is 1.88 bits per heavy atom. The van der Waals surface area contributed by atoms with E-state index in [2.05, 4.69) is 36.5 Å². The lowest BCUT2D eigenvalue weighted by Crippen LogP contribution is -2.35. The molecule has 0 saturated heterocycles. The molecule has 1 fully saturated rings. The molecule has 0 amide bonds. The van der Waals surface area contributed by atoms with E-state index in [-0.39, 0.29) is 0 Å². The smallest absolute Gasteiger partial charge is 0.0446 e. The molecule has 0 bridgehead atoms. The van der Waals surface area contributed by atoms with Gasteiger partial charge in [-0.05, 0) is 25.3 Å². The van der Waals surface area contributed by atoms with E-state index in [1.54, 1.807) is 0 Å². The summed E-state index contributed by atoms with van der Waals surface area (Å²) in [6, 6.07) is 9.70. The van der Waals surface area contributed by atoms with Gasteiger partial charge in [0.05, 0.1) is 0 Å². The van der Waals surface area contributed by atoms with Crippen molar-refractivity contribution in [3.8, 4) is 0 Å². The highest BCUT2D eigenvalue weighted by atomic mass is 15.0. The van der Waals surface area contributed by atoms with Crippen LogP contribution in [0.15, 0.2) is 24.3 Å². The second-order valence-corrected chi connectivity index (χ2v) is 4.85. The van der Waals surface area contributed by atoms with Crippen LogP contribution < -0.4 is 11.1 Å². The van der Waals surface area contributed by atoms with Gasteiger partial charge in [-0.1, -0.05) is 42.7 Å². The predicted molar refractivity (Wildman–Crippen MR) is 68.4 cm³/mol. The number of nitrogens with one attached hydrogen (secondary N) is 1. The highest BCUT2D eigenvalue weighted by Crippen LogP contribution is 2.21. The summed E-state index contributed by atoms with van der Waals surface area (Å²) in [5, 5.41) is 3.68. The SMILES string of the molecule is Cc1ccc(C(CN)NC2CCCC2)cc1. The summed E-state index contributed by atoms with van der Waals surface area (Å²) in [5.74, 6) is 0. The van der Waals surface area contributed by atoms with E-state index in [9.17, 15) is 0 Å². The van der Waals surface area contributed by atoms with Crippen molar-refractivity contribution in [1.82, 2.24) is 5.32 Å². The van der Waals surface area contributed by atoms with Gasteiger partial charge in [-0.2, -0.15) is 0 Å². The lowest BCUT2D eigenvalue weighted by atomic mass is 10.0. The first-order valence-electron chi connectivity index (χ1n) is 6.32. The molecular weight excluding hydrogens is 196 g/mol. The fourth-order valence-electron chi connectivity index (χ4n) is 2.48. The Morgan fingerprint density at radius 1 is 1.25 bits per heavy atom. The van der Waals surface area contributed by atoms with Crippen molar-refractivity contribution in [2.45, 2.75) is 44.7 Å². The molecule has 3 N–H and O–H groups in total. The van der Waals surface area contributed by atoms with Gasteiger partial charge in [-0.15, -0.1) is 0 Å². The van der Waals surface area contributed by atoms with Gasteiger partial charge >= 0.3 is 0 Å². The number of hydrogen-bond donors (Lipinski definition) is 2. The Morgan fingerprint density at radius 3 is 2.44 bits per heavy atom. The Kier molecular flexibility index (Phi) is 3.97. The van der Waals surface area contributed by atoms with Crippen LogP contribution in [-0.4, -0.2) is 12.6 Å². The molecule has 88 valence electrons. The summed E-state index contributed by atoms with van der Waals surface area (Å²) in [6.45, 7) is 2.80. The van der Waals surface area contributed by atoms with E-state index in [0.29, 0.717) is 18.6 Å². The minimum Gasteiger partial charge on any atom is -0.329 e. The van der Waals surface area contributed by atoms with Crippen LogP contribution in [0.25, 0.3) is 0 Å². The van der Waals surface area contributed by atoms with Crippen molar-refractivity contribution in [3.63, 3.8) is 0 Å². The lowest BCUT2D eigenvalue weighted by molar-refractivity contribution is 0.444. The first kappa shape index (κ1) is 11.6. The quantitative estimate of drug-likeness (QED) is 0.815. The molecule has 16 heavy (non-hydrogen) atoms. The monoisotopic (exact) mass is 218 g/mol. The predicted octanol–water partition coefficient (Wildman–Crippen LogP) is 2.53. The summed E-state index contributed by atoms with van der Waals surface area (Å²) in [4.78, 5) is 0. The zero-order chi connectivity index (χ0) is 11.4. The Bertz CT molecular complexity index is 312. The van der Waals surface area contributed by atoms with Crippen LogP contribution in [0.3, 0.4) is 0 Å². The van der Waals surface area contributed by atoms with Gasteiger partial charge in [-0.3, -0.25) is 0 Å². The lowest BCUT2D eigenvalue weighted by Gasteiger charge is -2.22. The summed E-state index contributed by atoms with van der Waals surface area (Å²) < 4.78 is 0. The van der Waals surface area contributed by atoms with Crippen molar-refractivity contribution in [1.29, 1.82) is 0 Å². The van der Waals surface area contributed by atoms with Gasteiger partial charge in [0.2, 0.25) is 0 Å². The maximum absolute atomic E-state index is 5.86. The molecular formula is C14H22N2. The number of nitrogens with two attached hydrogens (primary N) is 1. The van der Waals surface area contributed by atoms with E-state index in [1.165, 1.54) is 36.8 Å². The van der Waals surface area contributed by atoms with Gasteiger partial charge in [-0.25, -0.2) is 0 Å². The normalized spacial score (nSPS) is 18.9. The van der Waals surface area contributed by atoms with Crippen LogP contribution in [0.2, 0.25) is 0 Å². The highest BCUT2D eigenvalue weighted by molar-refractivity contribution is 5.24. The third-order valence-corrected chi connectivity index (χ3v) is 3.51. The maximum atomic E-state index is 5.86. The van der Waals surface area contributed by atoms with Gasteiger partial charge in [0, 0.05) is 18.6 Å². The van der Waals surface area contributed by atoms with Crippen molar-refractivity contribution < 1.29 is 0 Å². The molecule has 0 aliphatic heterocycles. The molecule has 1 unspecified atom stereocenters. The third kappa shape index (κ3) is 2.83. The summed E-state index contributed by atoms with van der Waals surface area (Å²) in [6.07, 6.45) is 5.34. The molecule has 1 atom stereocenters. The standard InChI is InChI=1S/C14H22N2/c1-11-6-8-12(9-7-11)14(10-15)16-13-4-2-3-5-13/h6-9,13-14,16H,2-5,10,15H2,1H3. The molecule has 1 aromatic carbocycles. The largest absolute Gasteiger partial charge is 0.329 e. The minimum atomic E-state index is 0.323. The maximum Gasteiger partial charge on any atom is 0.0446 e. The van der Waals surface area contributed by atoms with Crippen molar-refractivity contribution in [2.24, 2.45) is 5.73 Å². The van der Waals surface area contributed by atoms with Gasteiger partial charge in [0.1, 0.15) is 0 Å². The van der Waals surface area contributed by atoms with E-state index >= 15 is 0 Å². The number of aryl methyl sites for hydroxylation is 1. The van der Waals surface area contributed by atoms with Gasteiger partial charge in [0.25, 0.3) is 0 Å². The van der Waals surface area contributed by atoms with Crippen molar-refractivity contribution in [3.05, 3.63) is 35.4 Å². The Balaban J connectivity index is 2.00. The Labute approximate surface area is 98.2 Å². The average molecular weight is 218 g/mol.